The van der Waals surface area contributed by atoms with Gasteiger partial charge < -0.3 is 10.2 Å². The maximum absolute atomic E-state index is 4.09. The van der Waals surface area contributed by atoms with E-state index in [9.17, 15) is 0 Å². The van der Waals surface area contributed by atoms with Crippen molar-refractivity contribution in [2.45, 2.75) is 32.2 Å². The fraction of sp³-hybridized carbons (Fsp3) is 0.667. The van der Waals surface area contributed by atoms with Gasteiger partial charge in [-0.1, -0.05) is 13.3 Å². The third kappa shape index (κ3) is 2.92. The molecule has 1 aromatic rings. The molecule has 0 aliphatic carbocycles. The highest BCUT2D eigenvalue weighted by Gasteiger charge is 2.17. The second kappa shape index (κ2) is 5.80. The summed E-state index contributed by atoms with van der Waals surface area (Å²) < 4.78 is 0. The van der Waals surface area contributed by atoms with Crippen LogP contribution in [0.5, 0.6) is 0 Å². The monoisotopic (exact) mass is 220 g/mol. The Labute approximate surface area is 97.1 Å². The second-order valence-corrected chi connectivity index (χ2v) is 4.34. The molecule has 1 atom stereocenters. The molecule has 1 unspecified atom stereocenters. The molecule has 88 valence electrons. The fourth-order valence-electron chi connectivity index (χ4n) is 2.23. The molecule has 2 rings (SSSR count). The normalized spacial score (nSPS) is 21.8. The lowest BCUT2D eigenvalue weighted by atomic mass is 10.1. The zero-order chi connectivity index (χ0) is 11.2. The van der Waals surface area contributed by atoms with Gasteiger partial charge in [0.1, 0.15) is 6.33 Å². The summed E-state index contributed by atoms with van der Waals surface area (Å²) in [6.45, 7) is 5.53. The van der Waals surface area contributed by atoms with Crippen LogP contribution in [0.2, 0.25) is 0 Å². The van der Waals surface area contributed by atoms with E-state index in [1.165, 1.54) is 19.3 Å². The first kappa shape index (κ1) is 11.3. The van der Waals surface area contributed by atoms with E-state index >= 15 is 0 Å². The van der Waals surface area contributed by atoms with Gasteiger partial charge in [-0.25, -0.2) is 9.97 Å². The largest absolute Gasteiger partial charge is 0.367 e. The van der Waals surface area contributed by atoms with E-state index in [0.29, 0.717) is 6.04 Å². The van der Waals surface area contributed by atoms with Gasteiger partial charge in [-0.05, 0) is 19.4 Å². The zero-order valence-electron chi connectivity index (χ0n) is 9.89. The van der Waals surface area contributed by atoms with Gasteiger partial charge in [-0.15, -0.1) is 0 Å². The van der Waals surface area contributed by atoms with Gasteiger partial charge in [0.05, 0.1) is 18.1 Å². The van der Waals surface area contributed by atoms with Crippen molar-refractivity contribution in [3.05, 3.63) is 18.7 Å². The number of anilines is 1. The topological polar surface area (TPSA) is 41.1 Å². The summed E-state index contributed by atoms with van der Waals surface area (Å²) in [5, 5.41) is 3.60. The van der Waals surface area contributed by atoms with Gasteiger partial charge in [0.15, 0.2) is 0 Å². The van der Waals surface area contributed by atoms with Crippen LogP contribution in [-0.2, 0) is 0 Å². The lowest BCUT2D eigenvalue weighted by molar-refractivity contribution is 0.502. The number of hydrogen-bond acceptors (Lipinski definition) is 4. The van der Waals surface area contributed by atoms with Gasteiger partial charge in [-0.2, -0.15) is 0 Å². The van der Waals surface area contributed by atoms with Crippen LogP contribution in [0.4, 0.5) is 5.69 Å². The van der Waals surface area contributed by atoms with Crippen LogP contribution in [0.3, 0.4) is 0 Å². The second-order valence-electron chi connectivity index (χ2n) is 4.34. The Morgan fingerprint density at radius 2 is 2.25 bits per heavy atom. The molecule has 1 fully saturated rings. The molecule has 0 aromatic carbocycles. The molecule has 1 aromatic heterocycles. The summed E-state index contributed by atoms with van der Waals surface area (Å²) in [6, 6.07) is 0.604. The minimum absolute atomic E-state index is 0.604. The Balaban J connectivity index is 2.03. The number of nitrogens with zero attached hydrogens (tertiary/aromatic N) is 3. The summed E-state index contributed by atoms with van der Waals surface area (Å²) >= 11 is 0. The SMILES string of the molecule is CCCC1CN(c2cncnc2)CCCN1. The Morgan fingerprint density at radius 1 is 1.44 bits per heavy atom. The molecule has 0 radical (unpaired) electrons. The Morgan fingerprint density at radius 3 is 3.00 bits per heavy atom. The molecule has 0 bridgehead atoms. The standard InChI is InChI=1S/C12H20N4/c1-2-4-11-9-16(6-3-5-15-11)12-7-13-10-14-8-12/h7-8,10-11,15H,2-6,9H2,1H3. The van der Waals surface area contributed by atoms with Crippen molar-refractivity contribution in [3.63, 3.8) is 0 Å². The third-order valence-electron chi connectivity index (χ3n) is 3.03. The average molecular weight is 220 g/mol. The molecule has 4 nitrogen and oxygen atoms in total. The van der Waals surface area contributed by atoms with E-state index in [1.807, 2.05) is 12.4 Å². The molecule has 2 heterocycles. The highest BCUT2D eigenvalue weighted by atomic mass is 15.2. The molecule has 16 heavy (non-hydrogen) atoms. The summed E-state index contributed by atoms with van der Waals surface area (Å²) in [4.78, 5) is 10.6. The van der Waals surface area contributed by atoms with Crippen molar-refractivity contribution in [2.24, 2.45) is 0 Å². The van der Waals surface area contributed by atoms with Crippen LogP contribution in [-0.4, -0.2) is 35.6 Å². The maximum Gasteiger partial charge on any atom is 0.115 e. The number of hydrogen-bond donors (Lipinski definition) is 1. The van der Waals surface area contributed by atoms with E-state index in [2.05, 4.69) is 27.1 Å². The van der Waals surface area contributed by atoms with Crippen molar-refractivity contribution < 1.29 is 0 Å². The van der Waals surface area contributed by atoms with Crippen molar-refractivity contribution in [3.8, 4) is 0 Å². The zero-order valence-corrected chi connectivity index (χ0v) is 9.89. The van der Waals surface area contributed by atoms with Crippen LogP contribution in [0, 0.1) is 0 Å². The van der Waals surface area contributed by atoms with E-state index in [1.54, 1.807) is 6.33 Å². The van der Waals surface area contributed by atoms with Gasteiger partial charge in [0, 0.05) is 19.1 Å². The van der Waals surface area contributed by atoms with Gasteiger partial charge in [0.25, 0.3) is 0 Å². The third-order valence-corrected chi connectivity index (χ3v) is 3.03. The summed E-state index contributed by atoms with van der Waals surface area (Å²) in [5.41, 5.74) is 1.15. The van der Waals surface area contributed by atoms with Crippen molar-refractivity contribution in [1.29, 1.82) is 0 Å². The van der Waals surface area contributed by atoms with Crippen molar-refractivity contribution >= 4 is 5.69 Å². The first-order valence-electron chi connectivity index (χ1n) is 6.13. The Hall–Kier alpha value is -1.16. The molecule has 0 spiro atoms. The molecule has 1 aliphatic heterocycles. The molecule has 1 aliphatic rings. The summed E-state index contributed by atoms with van der Waals surface area (Å²) in [7, 11) is 0. The van der Waals surface area contributed by atoms with E-state index < -0.39 is 0 Å². The predicted molar refractivity (Wildman–Crippen MR) is 65.6 cm³/mol. The van der Waals surface area contributed by atoms with Gasteiger partial charge >= 0.3 is 0 Å². The quantitative estimate of drug-likeness (QED) is 0.837. The first-order valence-corrected chi connectivity index (χ1v) is 6.13. The van der Waals surface area contributed by atoms with Crippen LogP contribution in [0.25, 0.3) is 0 Å². The first-order chi connectivity index (χ1) is 7.90. The summed E-state index contributed by atoms with van der Waals surface area (Å²) in [5.74, 6) is 0. The minimum Gasteiger partial charge on any atom is -0.367 e. The fourth-order valence-corrected chi connectivity index (χ4v) is 2.23. The Kier molecular flexibility index (Phi) is 4.10. The molecule has 4 heteroatoms. The molecular weight excluding hydrogens is 200 g/mol. The lowest BCUT2D eigenvalue weighted by Gasteiger charge is -2.25. The number of nitrogens with one attached hydrogen (secondary N) is 1. The molecule has 0 saturated carbocycles. The molecule has 1 saturated heterocycles. The van der Waals surface area contributed by atoms with Crippen molar-refractivity contribution in [2.75, 3.05) is 24.5 Å². The maximum atomic E-state index is 4.09. The van der Waals surface area contributed by atoms with Gasteiger partial charge in [-0.3, -0.25) is 0 Å². The van der Waals surface area contributed by atoms with E-state index in [-0.39, 0.29) is 0 Å². The van der Waals surface area contributed by atoms with E-state index in [4.69, 9.17) is 0 Å². The minimum atomic E-state index is 0.604. The van der Waals surface area contributed by atoms with Crippen LogP contribution in [0.1, 0.15) is 26.2 Å². The number of aromatic nitrogens is 2. The molecule has 1 N–H and O–H groups in total. The molecular formula is C12H20N4. The van der Waals surface area contributed by atoms with Gasteiger partial charge in [0.2, 0.25) is 0 Å². The van der Waals surface area contributed by atoms with Crippen molar-refractivity contribution in [1.82, 2.24) is 15.3 Å². The average Bonchev–Trinajstić information content (AvgIpc) is 2.56. The van der Waals surface area contributed by atoms with Crippen LogP contribution < -0.4 is 10.2 Å². The number of rotatable bonds is 3. The predicted octanol–water partition coefficient (Wildman–Crippen LogP) is 1.45. The van der Waals surface area contributed by atoms with Crippen LogP contribution >= 0.6 is 0 Å². The highest BCUT2D eigenvalue weighted by Crippen LogP contribution is 2.14. The molecule has 0 amide bonds. The smallest absolute Gasteiger partial charge is 0.115 e. The Bertz CT molecular complexity index is 301. The van der Waals surface area contributed by atoms with Crippen LogP contribution in [0.15, 0.2) is 18.7 Å². The highest BCUT2D eigenvalue weighted by molar-refractivity contribution is 5.41. The van der Waals surface area contributed by atoms with E-state index in [0.717, 1.165) is 25.3 Å². The lowest BCUT2D eigenvalue weighted by Crippen LogP contribution is -2.37. The summed E-state index contributed by atoms with van der Waals surface area (Å²) in [6.07, 6.45) is 9.06.